The molecule has 6 aromatic carbocycles. The maximum Gasteiger partial charge on any atom is 0.530 e. The molecule has 6 nitrogen and oxygen atoms in total. The van der Waals surface area contributed by atoms with E-state index in [2.05, 4.69) is 0 Å². The van der Waals surface area contributed by atoms with Gasteiger partial charge in [-0.05, 0) is 72.8 Å². The Hall–Kier alpha value is -3.75. The molecule has 0 heterocycles. The smallest absolute Gasteiger partial charge is 0.409 e. The van der Waals surface area contributed by atoms with Crippen LogP contribution in [-0.4, -0.2) is 0 Å². The average Bonchev–Trinajstić information content (AvgIpc) is 3.12. The van der Waals surface area contributed by atoms with Crippen molar-refractivity contribution in [3.05, 3.63) is 182 Å². The summed E-state index contributed by atoms with van der Waals surface area (Å²) in [7, 11) is 6.57. The Kier molecular flexibility index (Phi) is 16.8. The largest absolute Gasteiger partial charge is 0.530 e. The molecule has 11 heteroatoms. The zero-order valence-corrected chi connectivity index (χ0v) is 30.3. The zero-order chi connectivity index (χ0) is 32.8. The normalized spacial score (nSPS) is 10.0. The summed E-state index contributed by atoms with van der Waals surface area (Å²) in [6, 6.07) is 57.0. The van der Waals surface area contributed by atoms with Gasteiger partial charge in [0.05, 0.1) is 0 Å². The molecular formula is C36H30Cl2O6P2Pt. The van der Waals surface area contributed by atoms with E-state index in [9.17, 15) is 0 Å². The third-order valence-corrected chi connectivity index (χ3v) is 7.70. The van der Waals surface area contributed by atoms with Crippen molar-refractivity contribution >= 4 is 36.0 Å². The first-order chi connectivity index (χ1) is 23.2. The van der Waals surface area contributed by atoms with Crippen LogP contribution in [0.25, 0.3) is 0 Å². The number of halogens is 2. The summed E-state index contributed by atoms with van der Waals surface area (Å²) in [5.41, 5.74) is 0. The molecule has 0 saturated carbocycles. The van der Waals surface area contributed by atoms with Crippen LogP contribution in [-0.2, 0) is 16.5 Å². The predicted octanol–water partition coefficient (Wildman–Crippen LogP) is 12.3. The summed E-state index contributed by atoms with van der Waals surface area (Å²) >= 11 is -0.472. The van der Waals surface area contributed by atoms with E-state index in [1.54, 1.807) is 0 Å². The van der Waals surface area contributed by atoms with Crippen LogP contribution < -0.4 is 27.1 Å². The third kappa shape index (κ3) is 14.7. The van der Waals surface area contributed by atoms with Crippen molar-refractivity contribution in [2.24, 2.45) is 0 Å². The Morgan fingerprint density at radius 3 is 0.532 bits per heavy atom. The molecule has 0 fully saturated rings. The summed E-state index contributed by atoms with van der Waals surface area (Å²) < 4.78 is 35.1. The molecule has 6 rings (SSSR count). The van der Waals surface area contributed by atoms with E-state index >= 15 is 0 Å². The van der Waals surface area contributed by atoms with Crippen molar-refractivity contribution in [1.82, 2.24) is 0 Å². The van der Waals surface area contributed by atoms with Crippen molar-refractivity contribution in [2.75, 3.05) is 0 Å². The van der Waals surface area contributed by atoms with Gasteiger partial charge in [0.1, 0.15) is 34.5 Å². The average molecular weight is 887 g/mol. The van der Waals surface area contributed by atoms with Crippen LogP contribution in [0, 0.1) is 0 Å². The Morgan fingerprint density at radius 1 is 0.277 bits per heavy atom. The maximum atomic E-state index is 5.84. The van der Waals surface area contributed by atoms with Crippen molar-refractivity contribution in [3.8, 4) is 34.5 Å². The van der Waals surface area contributed by atoms with Crippen LogP contribution in [0.3, 0.4) is 0 Å². The van der Waals surface area contributed by atoms with Gasteiger partial charge in [0.15, 0.2) is 0 Å². The summed E-state index contributed by atoms with van der Waals surface area (Å²) in [5.74, 6) is 4.25. The summed E-state index contributed by atoms with van der Waals surface area (Å²) in [6.45, 7) is 0. The molecule has 0 bridgehead atoms. The molecule has 0 aromatic heterocycles. The molecule has 0 saturated heterocycles. The summed E-state index contributed by atoms with van der Waals surface area (Å²) in [6.07, 6.45) is 0. The SMILES string of the molecule is [Cl][Pt][Cl].c1ccc(OP(Oc2ccccc2)Oc2ccccc2)cc1.c1ccc(OP(Oc2ccccc2)Oc2ccccc2)cc1. The van der Waals surface area contributed by atoms with Crippen LogP contribution in [0.4, 0.5) is 0 Å². The van der Waals surface area contributed by atoms with E-state index in [1.807, 2.05) is 182 Å². The molecule has 0 aliphatic carbocycles. The van der Waals surface area contributed by atoms with E-state index in [-0.39, 0.29) is 0 Å². The number of hydrogen-bond donors (Lipinski definition) is 0. The molecule has 244 valence electrons. The molecule has 0 aliphatic rings. The molecule has 0 radical (unpaired) electrons. The zero-order valence-electron chi connectivity index (χ0n) is 24.7. The van der Waals surface area contributed by atoms with Crippen LogP contribution in [0.1, 0.15) is 0 Å². The van der Waals surface area contributed by atoms with Crippen LogP contribution >= 0.6 is 36.0 Å². The fraction of sp³-hybridized carbons (Fsp3) is 0. The predicted molar refractivity (Wildman–Crippen MR) is 188 cm³/mol. The van der Waals surface area contributed by atoms with E-state index in [0.29, 0.717) is 34.5 Å². The van der Waals surface area contributed by atoms with Crippen molar-refractivity contribution in [1.29, 1.82) is 0 Å². The van der Waals surface area contributed by atoms with E-state index in [0.717, 1.165) is 0 Å². The molecule has 0 spiro atoms. The number of rotatable bonds is 12. The Morgan fingerprint density at radius 2 is 0.404 bits per heavy atom. The maximum absolute atomic E-state index is 5.84. The van der Waals surface area contributed by atoms with Gasteiger partial charge >= 0.3 is 52.5 Å². The Bertz CT molecular complexity index is 1310. The van der Waals surface area contributed by atoms with Crippen molar-refractivity contribution in [3.63, 3.8) is 0 Å². The second-order valence-corrected chi connectivity index (χ2v) is 14.2. The summed E-state index contributed by atoms with van der Waals surface area (Å²) in [5, 5.41) is 0. The van der Waals surface area contributed by atoms with E-state index < -0.39 is 33.7 Å². The van der Waals surface area contributed by atoms with Crippen molar-refractivity contribution in [2.45, 2.75) is 0 Å². The van der Waals surface area contributed by atoms with Crippen LogP contribution in [0.15, 0.2) is 182 Å². The second-order valence-electron chi connectivity index (χ2n) is 8.92. The van der Waals surface area contributed by atoms with E-state index in [1.165, 1.54) is 0 Å². The quantitative estimate of drug-likeness (QED) is 0.114. The van der Waals surface area contributed by atoms with Gasteiger partial charge < -0.3 is 27.1 Å². The fourth-order valence-electron chi connectivity index (χ4n) is 3.52. The monoisotopic (exact) mass is 885 g/mol. The minimum Gasteiger partial charge on any atom is -0.409 e. The second kappa shape index (κ2) is 21.9. The van der Waals surface area contributed by atoms with Crippen LogP contribution in [0.5, 0.6) is 34.5 Å². The number of para-hydroxylation sites is 6. The molecule has 47 heavy (non-hydrogen) atoms. The number of benzene rings is 6. The minimum absolute atomic E-state index is 0.472. The first kappa shape index (κ1) is 36.1. The third-order valence-electron chi connectivity index (χ3n) is 5.54. The Balaban J connectivity index is 0.000000197. The molecule has 0 amide bonds. The topological polar surface area (TPSA) is 55.4 Å². The van der Waals surface area contributed by atoms with Gasteiger partial charge in [-0.1, -0.05) is 109 Å². The van der Waals surface area contributed by atoms with Gasteiger partial charge in [0.2, 0.25) is 0 Å². The van der Waals surface area contributed by atoms with Gasteiger partial charge in [-0.3, -0.25) is 0 Å². The van der Waals surface area contributed by atoms with Crippen molar-refractivity contribution < 1.29 is 43.6 Å². The number of hydrogen-bond acceptors (Lipinski definition) is 6. The molecular weight excluding hydrogens is 856 g/mol. The summed E-state index contributed by atoms with van der Waals surface area (Å²) in [4.78, 5) is 0. The Labute approximate surface area is 294 Å². The fourth-order valence-corrected chi connectivity index (χ4v) is 5.50. The first-order valence-electron chi connectivity index (χ1n) is 14.0. The van der Waals surface area contributed by atoms with Gasteiger partial charge in [-0.15, -0.1) is 0 Å². The molecule has 0 aliphatic heterocycles. The molecule has 0 N–H and O–H groups in total. The molecule has 0 atom stereocenters. The first-order valence-corrected chi connectivity index (χ1v) is 21.8. The van der Waals surface area contributed by atoms with Gasteiger partial charge in [0.25, 0.3) is 0 Å². The van der Waals surface area contributed by atoms with Crippen LogP contribution in [0.2, 0.25) is 0 Å². The van der Waals surface area contributed by atoms with E-state index in [4.69, 9.17) is 46.0 Å². The van der Waals surface area contributed by atoms with Gasteiger partial charge in [-0.25, -0.2) is 0 Å². The minimum atomic E-state index is -1.59. The molecule has 0 unspecified atom stereocenters. The van der Waals surface area contributed by atoms with Gasteiger partial charge in [-0.2, -0.15) is 0 Å². The molecule has 6 aromatic rings. The van der Waals surface area contributed by atoms with Gasteiger partial charge in [0, 0.05) is 0 Å². The standard InChI is InChI=1S/2C18H15O3P.2ClH.Pt/c2*1-4-10-16(11-5-1)19-22(20-17-12-6-2-7-13-17)21-18-14-8-3-9-15-18;;;/h2*1-15H;2*1H;/q;;;;+2/p-2.